The summed E-state index contributed by atoms with van der Waals surface area (Å²) in [5.74, 6) is 4.43. The van der Waals surface area contributed by atoms with E-state index in [-0.39, 0.29) is 48.8 Å². The van der Waals surface area contributed by atoms with Gasteiger partial charge in [-0.25, -0.2) is 0 Å². The van der Waals surface area contributed by atoms with Crippen molar-refractivity contribution in [2.45, 2.75) is 83.5 Å². The third kappa shape index (κ3) is 5.92. The monoisotopic (exact) mass is 674 g/mol. The van der Waals surface area contributed by atoms with E-state index >= 15 is 0 Å². The summed E-state index contributed by atoms with van der Waals surface area (Å²) in [5.41, 5.74) is 6.57. The molecular weight excluding hydrogens is 636 g/mol. The van der Waals surface area contributed by atoms with Crippen molar-refractivity contribution in [3.8, 4) is 51.7 Å². The molecule has 1 aromatic heterocycles. The number of epoxide rings is 4. The van der Waals surface area contributed by atoms with Crippen LogP contribution in [0, 0.1) is 6.92 Å². The molecule has 0 radical (unpaired) electrons. The molecule has 5 heterocycles. The molecule has 4 aromatic carbocycles. The zero-order valence-corrected chi connectivity index (χ0v) is 28.7. The predicted octanol–water partition coefficient (Wildman–Crippen LogP) is 9.14. The second-order valence-electron chi connectivity index (χ2n) is 13.6. The van der Waals surface area contributed by atoms with Gasteiger partial charge in [0.25, 0.3) is 0 Å². The molecule has 0 aliphatic carbocycles. The van der Waals surface area contributed by atoms with E-state index in [0.717, 1.165) is 39.1 Å². The van der Waals surface area contributed by atoms with Crippen LogP contribution < -0.4 is 14.2 Å². The van der Waals surface area contributed by atoms with Gasteiger partial charge in [-0.15, -0.1) is 10.2 Å². The number of aromatic nitrogens is 2. The molecule has 10 heteroatoms. The smallest absolute Gasteiger partial charge is 0.248 e. The second-order valence-corrected chi connectivity index (χ2v) is 13.6. The Morgan fingerprint density at radius 3 is 1.26 bits per heavy atom. The molecule has 0 amide bonds. The first-order valence-corrected chi connectivity index (χ1v) is 17.1. The van der Waals surface area contributed by atoms with Crippen LogP contribution in [-0.4, -0.2) is 41.7 Å². The summed E-state index contributed by atoms with van der Waals surface area (Å²) in [6.45, 7) is 10.3. The molecule has 4 aliphatic rings. The third-order valence-electron chi connectivity index (χ3n) is 9.79. The van der Waals surface area contributed by atoms with E-state index in [9.17, 15) is 0 Å². The van der Waals surface area contributed by atoms with Gasteiger partial charge in [-0.05, 0) is 95.3 Å². The Kier molecular flexibility index (Phi) is 7.47. The maximum atomic E-state index is 6.66. The van der Waals surface area contributed by atoms with Crippen LogP contribution >= 0.6 is 0 Å². The molecule has 10 nitrogen and oxygen atoms in total. The Bertz CT molecular complexity index is 2000. The SMILES string of the molecule is COc1c(C2OC2C)cc(Oc2cc(C3OC3C)c(Oc3ccc(-c4nnc(-c5ccc(C)cc5)o4)cc3)c(C3OC3C)c2)cc1C1OC1C. The van der Waals surface area contributed by atoms with Crippen LogP contribution in [-0.2, 0) is 18.9 Å². The molecule has 0 spiro atoms. The molecule has 9 rings (SSSR count). The fourth-order valence-electron chi connectivity index (χ4n) is 6.73. The van der Waals surface area contributed by atoms with Crippen molar-refractivity contribution < 1.29 is 37.6 Å². The lowest BCUT2D eigenvalue weighted by Crippen LogP contribution is -2.02. The predicted molar refractivity (Wildman–Crippen MR) is 183 cm³/mol. The number of nitrogens with zero attached hydrogens (tertiary/aromatic N) is 2. The molecular formula is C40H38N2O8. The van der Waals surface area contributed by atoms with E-state index < -0.39 is 0 Å². The van der Waals surface area contributed by atoms with Crippen LogP contribution in [0.1, 0.15) is 79.9 Å². The van der Waals surface area contributed by atoms with Crippen LogP contribution in [0.25, 0.3) is 22.9 Å². The lowest BCUT2D eigenvalue weighted by molar-refractivity contribution is 0.353. The molecule has 8 atom stereocenters. The lowest BCUT2D eigenvalue weighted by atomic mass is 9.99. The van der Waals surface area contributed by atoms with Gasteiger partial charge >= 0.3 is 0 Å². The number of methoxy groups -OCH3 is 1. The summed E-state index contributed by atoms with van der Waals surface area (Å²) in [6, 6.07) is 23.7. The highest BCUT2D eigenvalue weighted by molar-refractivity contribution is 5.60. The zero-order valence-electron chi connectivity index (χ0n) is 28.7. The van der Waals surface area contributed by atoms with Gasteiger partial charge in [-0.1, -0.05) is 17.7 Å². The molecule has 0 bridgehead atoms. The highest BCUT2D eigenvalue weighted by Crippen LogP contribution is 2.54. The van der Waals surface area contributed by atoms with E-state index in [4.69, 9.17) is 37.6 Å². The van der Waals surface area contributed by atoms with E-state index in [1.807, 2.05) is 79.7 Å². The fourth-order valence-corrected chi connectivity index (χ4v) is 6.73. The minimum absolute atomic E-state index is 0.0434. The normalized spacial score (nSPS) is 27.5. The minimum Gasteiger partial charge on any atom is -0.496 e. The van der Waals surface area contributed by atoms with E-state index in [1.165, 1.54) is 5.56 Å². The van der Waals surface area contributed by atoms with Gasteiger partial charge in [-0.3, -0.25) is 0 Å². The summed E-state index contributed by atoms with van der Waals surface area (Å²) in [4.78, 5) is 0. The highest BCUT2D eigenvalue weighted by Gasteiger charge is 2.45. The summed E-state index contributed by atoms with van der Waals surface area (Å²) in [6.07, 6.45) is -0.0668. The number of hydrogen-bond acceptors (Lipinski definition) is 10. The summed E-state index contributed by atoms with van der Waals surface area (Å²) < 4.78 is 48.9. The highest BCUT2D eigenvalue weighted by atomic mass is 16.6. The van der Waals surface area contributed by atoms with Crippen LogP contribution in [0.3, 0.4) is 0 Å². The van der Waals surface area contributed by atoms with Gasteiger partial charge in [0.2, 0.25) is 11.8 Å². The van der Waals surface area contributed by atoms with Gasteiger partial charge in [0.1, 0.15) is 53.2 Å². The Balaban J connectivity index is 1.03. The first-order chi connectivity index (χ1) is 24.2. The number of hydrogen-bond donors (Lipinski definition) is 0. The average Bonchev–Trinajstić information content (AvgIpc) is 4.05. The first kappa shape index (κ1) is 31.3. The van der Waals surface area contributed by atoms with Gasteiger partial charge in [0.05, 0.1) is 31.5 Å². The summed E-state index contributed by atoms with van der Waals surface area (Å²) in [7, 11) is 1.69. The quantitative estimate of drug-likeness (QED) is 0.126. The van der Waals surface area contributed by atoms with Crippen LogP contribution in [0.5, 0.6) is 28.7 Å². The number of rotatable bonds is 11. The van der Waals surface area contributed by atoms with Crippen LogP contribution in [0.2, 0.25) is 0 Å². The summed E-state index contributed by atoms with van der Waals surface area (Å²) >= 11 is 0. The van der Waals surface area contributed by atoms with Gasteiger partial charge in [0, 0.05) is 33.4 Å². The van der Waals surface area contributed by atoms with Crippen LogP contribution in [0.4, 0.5) is 0 Å². The average molecular weight is 675 g/mol. The maximum absolute atomic E-state index is 6.66. The number of benzene rings is 4. The molecule has 0 saturated carbocycles. The Labute approximate surface area is 290 Å². The van der Waals surface area contributed by atoms with Crippen molar-refractivity contribution in [3.63, 3.8) is 0 Å². The molecule has 5 aromatic rings. The zero-order chi connectivity index (χ0) is 34.3. The second kappa shape index (κ2) is 11.9. The maximum Gasteiger partial charge on any atom is 0.248 e. The van der Waals surface area contributed by atoms with Gasteiger partial charge < -0.3 is 37.6 Å². The largest absolute Gasteiger partial charge is 0.496 e. The third-order valence-corrected chi connectivity index (χ3v) is 9.79. The minimum atomic E-state index is -0.136. The van der Waals surface area contributed by atoms with Crippen molar-refractivity contribution in [1.82, 2.24) is 10.2 Å². The topological polar surface area (TPSA) is 117 Å². The molecule has 0 N–H and O–H groups in total. The van der Waals surface area contributed by atoms with E-state index in [1.54, 1.807) is 7.11 Å². The van der Waals surface area contributed by atoms with Crippen molar-refractivity contribution in [2.75, 3.05) is 7.11 Å². The molecule has 4 fully saturated rings. The molecule has 256 valence electrons. The molecule has 4 aliphatic heterocycles. The van der Waals surface area contributed by atoms with E-state index in [2.05, 4.69) is 37.9 Å². The number of aryl methyl sites for hydroxylation is 1. The standard InChI is InChI=1S/C40H38N2O8/c1-19-7-9-24(10-8-19)39-41-42-40(50-39)25-11-13-26(14-12-25)49-38-31(35-22(4)46-35)17-28(18-32(38)36-23(5)47-36)48-27-15-29(33-20(2)44-33)37(43-6)30(16-27)34-21(3)45-34/h7-18,20-23,33-36H,1-6H3. The Hall–Kier alpha value is -4.74. The molecule has 4 saturated heterocycles. The number of ether oxygens (including phenoxy) is 7. The fraction of sp³-hybridized carbons (Fsp3) is 0.350. The van der Waals surface area contributed by atoms with E-state index in [0.29, 0.717) is 34.8 Å². The molecule has 50 heavy (non-hydrogen) atoms. The summed E-state index contributed by atoms with van der Waals surface area (Å²) in [5, 5.41) is 8.53. The van der Waals surface area contributed by atoms with Gasteiger partial charge in [0.15, 0.2) is 0 Å². The van der Waals surface area contributed by atoms with Crippen LogP contribution in [0.15, 0.2) is 77.2 Å². The Morgan fingerprint density at radius 2 is 0.880 bits per heavy atom. The van der Waals surface area contributed by atoms with Gasteiger partial charge in [-0.2, -0.15) is 0 Å². The Morgan fingerprint density at radius 1 is 0.500 bits per heavy atom. The first-order valence-electron chi connectivity index (χ1n) is 17.1. The van der Waals surface area contributed by atoms with Crippen molar-refractivity contribution in [1.29, 1.82) is 0 Å². The van der Waals surface area contributed by atoms with Crippen molar-refractivity contribution in [3.05, 3.63) is 101 Å². The van der Waals surface area contributed by atoms with Crippen molar-refractivity contribution in [2.24, 2.45) is 0 Å². The molecule has 8 unspecified atom stereocenters. The lowest BCUT2D eigenvalue weighted by Gasteiger charge is -2.18. The van der Waals surface area contributed by atoms with Crippen molar-refractivity contribution >= 4 is 0 Å².